The quantitative estimate of drug-likeness (QED) is 0.325. The van der Waals surface area contributed by atoms with Crippen LogP contribution in [0.4, 0.5) is 10.8 Å². The summed E-state index contributed by atoms with van der Waals surface area (Å²) in [6.45, 7) is 1.15. The molecular formula is C15H18N6O4S2. The standard InChI is InChI=1S/C15H18N6O4S2/c1-25-3-2-18-14-20-21-15(27-14)26-7-11(22)19-10-5-8(12(16)23)4-9(6-10)13(17)24/h4-6H,2-3,7H2,1H3,(H2,16,23)(H2,17,24)(H,18,20)(H,19,22). The van der Waals surface area contributed by atoms with Gasteiger partial charge >= 0.3 is 0 Å². The Hall–Kier alpha value is -2.70. The third-order valence-corrected chi connectivity index (χ3v) is 5.12. The van der Waals surface area contributed by atoms with Crippen LogP contribution >= 0.6 is 23.1 Å². The van der Waals surface area contributed by atoms with Crippen molar-refractivity contribution in [2.45, 2.75) is 4.34 Å². The van der Waals surface area contributed by atoms with Crippen molar-refractivity contribution < 1.29 is 19.1 Å². The first-order valence-corrected chi connectivity index (χ1v) is 9.43. The lowest BCUT2D eigenvalue weighted by molar-refractivity contribution is -0.113. The van der Waals surface area contributed by atoms with Gasteiger partial charge in [-0.05, 0) is 18.2 Å². The monoisotopic (exact) mass is 410 g/mol. The minimum absolute atomic E-state index is 0.0689. The van der Waals surface area contributed by atoms with Crippen molar-refractivity contribution in [1.82, 2.24) is 10.2 Å². The lowest BCUT2D eigenvalue weighted by atomic mass is 10.1. The van der Waals surface area contributed by atoms with E-state index >= 15 is 0 Å². The number of methoxy groups -OCH3 is 1. The van der Waals surface area contributed by atoms with Crippen LogP contribution in [-0.2, 0) is 9.53 Å². The molecule has 144 valence electrons. The van der Waals surface area contributed by atoms with Crippen molar-refractivity contribution in [3.05, 3.63) is 29.3 Å². The zero-order chi connectivity index (χ0) is 19.8. The molecule has 0 aliphatic heterocycles. The molecule has 1 aromatic carbocycles. The Morgan fingerprint density at radius 3 is 2.41 bits per heavy atom. The van der Waals surface area contributed by atoms with E-state index in [1.165, 1.54) is 41.3 Å². The van der Waals surface area contributed by atoms with Crippen LogP contribution in [0.3, 0.4) is 0 Å². The molecule has 0 spiro atoms. The number of primary amides is 2. The molecular weight excluding hydrogens is 392 g/mol. The molecule has 12 heteroatoms. The number of nitrogens with zero attached hydrogens (tertiary/aromatic N) is 2. The Bertz CT molecular complexity index is 809. The molecule has 0 saturated heterocycles. The van der Waals surface area contributed by atoms with Gasteiger partial charge in [0.15, 0.2) is 4.34 Å². The molecule has 0 atom stereocenters. The van der Waals surface area contributed by atoms with E-state index in [-0.39, 0.29) is 28.5 Å². The molecule has 0 unspecified atom stereocenters. The largest absolute Gasteiger partial charge is 0.383 e. The van der Waals surface area contributed by atoms with Crippen molar-refractivity contribution in [3.63, 3.8) is 0 Å². The second kappa shape index (κ2) is 9.85. The average molecular weight is 410 g/mol. The highest BCUT2D eigenvalue weighted by atomic mass is 32.2. The number of nitrogens with two attached hydrogens (primary N) is 2. The maximum Gasteiger partial charge on any atom is 0.248 e. The zero-order valence-corrected chi connectivity index (χ0v) is 16.0. The summed E-state index contributed by atoms with van der Waals surface area (Å²) in [4.78, 5) is 34.8. The predicted octanol–water partition coefficient (Wildman–Crippen LogP) is 0.525. The van der Waals surface area contributed by atoms with E-state index < -0.39 is 11.8 Å². The van der Waals surface area contributed by atoms with Gasteiger partial charge in [0, 0.05) is 30.5 Å². The Morgan fingerprint density at radius 1 is 1.15 bits per heavy atom. The lowest BCUT2D eigenvalue weighted by Crippen LogP contribution is -2.18. The highest BCUT2D eigenvalue weighted by molar-refractivity contribution is 8.01. The normalized spacial score (nSPS) is 10.4. The molecule has 1 heterocycles. The van der Waals surface area contributed by atoms with E-state index in [9.17, 15) is 14.4 Å². The van der Waals surface area contributed by atoms with Crippen LogP contribution in [0.15, 0.2) is 22.5 Å². The van der Waals surface area contributed by atoms with Crippen LogP contribution < -0.4 is 22.1 Å². The van der Waals surface area contributed by atoms with Gasteiger partial charge < -0.3 is 26.8 Å². The molecule has 0 fully saturated rings. The number of hydrogen-bond donors (Lipinski definition) is 4. The van der Waals surface area contributed by atoms with E-state index in [0.717, 1.165) is 0 Å². The molecule has 0 radical (unpaired) electrons. The molecule has 0 aliphatic carbocycles. The zero-order valence-electron chi connectivity index (χ0n) is 14.4. The van der Waals surface area contributed by atoms with Crippen LogP contribution in [-0.4, -0.2) is 53.9 Å². The molecule has 10 nitrogen and oxygen atoms in total. The lowest BCUT2D eigenvalue weighted by Gasteiger charge is -2.08. The fourth-order valence-electron chi connectivity index (χ4n) is 1.91. The fraction of sp³-hybridized carbons (Fsp3) is 0.267. The maximum atomic E-state index is 12.1. The number of anilines is 2. The Labute approximate surface area is 163 Å². The topological polar surface area (TPSA) is 162 Å². The van der Waals surface area contributed by atoms with Crippen LogP contribution in [0.2, 0.25) is 0 Å². The number of hydrogen-bond acceptors (Lipinski definition) is 9. The number of benzene rings is 1. The second-order valence-electron chi connectivity index (χ2n) is 5.16. The number of carbonyl (C=O) groups is 3. The smallest absolute Gasteiger partial charge is 0.248 e. The summed E-state index contributed by atoms with van der Waals surface area (Å²) in [5.74, 6) is -1.74. The van der Waals surface area contributed by atoms with Crippen LogP contribution in [0.1, 0.15) is 20.7 Å². The summed E-state index contributed by atoms with van der Waals surface area (Å²) in [6.07, 6.45) is 0. The van der Waals surface area contributed by atoms with Crippen LogP contribution in [0, 0.1) is 0 Å². The van der Waals surface area contributed by atoms with Gasteiger partial charge in [-0.1, -0.05) is 23.1 Å². The van der Waals surface area contributed by atoms with Gasteiger partial charge in [-0.25, -0.2) is 0 Å². The number of aromatic nitrogens is 2. The van der Waals surface area contributed by atoms with Gasteiger partial charge in [-0.2, -0.15) is 0 Å². The van der Waals surface area contributed by atoms with Crippen LogP contribution in [0.5, 0.6) is 0 Å². The molecule has 2 aromatic rings. The average Bonchev–Trinajstić information content (AvgIpc) is 3.07. The van der Waals surface area contributed by atoms with E-state index in [0.29, 0.717) is 22.6 Å². The first-order chi connectivity index (χ1) is 12.9. The first-order valence-electron chi connectivity index (χ1n) is 7.62. The number of rotatable bonds is 10. The summed E-state index contributed by atoms with van der Waals surface area (Å²) in [7, 11) is 1.60. The van der Waals surface area contributed by atoms with Crippen molar-refractivity contribution in [2.75, 3.05) is 36.6 Å². The van der Waals surface area contributed by atoms with Gasteiger partial charge in [0.25, 0.3) is 0 Å². The Kier molecular flexibility index (Phi) is 7.52. The summed E-state index contributed by atoms with van der Waals surface area (Å²) in [5, 5.41) is 14.2. The molecule has 0 bridgehead atoms. The number of carbonyl (C=O) groups excluding carboxylic acids is 3. The Morgan fingerprint density at radius 2 is 1.81 bits per heavy atom. The highest BCUT2D eigenvalue weighted by Gasteiger charge is 2.12. The minimum Gasteiger partial charge on any atom is -0.383 e. The van der Waals surface area contributed by atoms with Crippen molar-refractivity contribution in [3.8, 4) is 0 Å². The summed E-state index contributed by atoms with van der Waals surface area (Å²) >= 11 is 2.52. The van der Waals surface area contributed by atoms with Gasteiger partial charge in [-0.3, -0.25) is 14.4 Å². The van der Waals surface area contributed by atoms with Gasteiger partial charge in [0.1, 0.15) is 0 Å². The second-order valence-corrected chi connectivity index (χ2v) is 7.36. The van der Waals surface area contributed by atoms with Crippen LogP contribution in [0.25, 0.3) is 0 Å². The number of ether oxygens (including phenoxy) is 1. The number of thioether (sulfide) groups is 1. The number of nitrogens with one attached hydrogen (secondary N) is 2. The van der Waals surface area contributed by atoms with E-state index in [2.05, 4.69) is 20.8 Å². The van der Waals surface area contributed by atoms with Gasteiger partial charge in [0.05, 0.1) is 12.4 Å². The number of amides is 3. The van der Waals surface area contributed by atoms with Gasteiger partial charge in [-0.15, -0.1) is 10.2 Å². The Balaban J connectivity index is 1.94. The first kappa shape index (κ1) is 20.6. The molecule has 2 rings (SSSR count). The molecule has 3 amide bonds. The van der Waals surface area contributed by atoms with Crippen molar-refractivity contribution >= 4 is 51.6 Å². The van der Waals surface area contributed by atoms with Crippen molar-refractivity contribution in [1.29, 1.82) is 0 Å². The molecule has 6 N–H and O–H groups in total. The molecule has 0 saturated carbocycles. The van der Waals surface area contributed by atoms with E-state index in [1.54, 1.807) is 7.11 Å². The minimum atomic E-state index is -0.731. The summed E-state index contributed by atoms with van der Waals surface area (Å²) in [5.41, 5.74) is 10.9. The molecule has 0 aliphatic rings. The van der Waals surface area contributed by atoms with Crippen molar-refractivity contribution in [2.24, 2.45) is 11.5 Å². The highest BCUT2D eigenvalue weighted by Crippen LogP contribution is 2.25. The molecule has 27 heavy (non-hydrogen) atoms. The summed E-state index contributed by atoms with van der Waals surface area (Å²) < 4.78 is 5.55. The molecule has 1 aromatic heterocycles. The fourth-order valence-corrected chi connectivity index (χ4v) is 3.49. The van der Waals surface area contributed by atoms with Gasteiger partial charge in [0.2, 0.25) is 22.9 Å². The maximum absolute atomic E-state index is 12.1. The predicted molar refractivity (Wildman–Crippen MR) is 103 cm³/mol. The third-order valence-electron chi connectivity index (χ3n) is 3.10. The third kappa shape index (κ3) is 6.51. The van der Waals surface area contributed by atoms with E-state index in [1.807, 2.05) is 0 Å². The summed E-state index contributed by atoms with van der Waals surface area (Å²) in [6, 6.07) is 4.02. The SMILES string of the molecule is COCCNc1nnc(SCC(=O)Nc2cc(C(N)=O)cc(C(N)=O)c2)s1. The van der Waals surface area contributed by atoms with E-state index in [4.69, 9.17) is 16.2 Å².